The smallest absolute Gasteiger partial charge is 0.271 e. The van der Waals surface area contributed by atoms with E-state index in [-0.39, 0.29) is 36.8 Å². The van der Waals surface area contributed by atoms with Gasteiger partial charge in [-0.1, -0.05) is 11.8 Å². The summed E-state index contributed by atoms with van der Waals surface area (Å²) in [5.74, 6) is -1.71. The summed E-state index contributed by atoms with van der Waals surface area (Å²) < 4.78 is 52.6. The average Bonchev–Trinajstić information content (AvgIpc) is 3.42. The number of thiazole rings is 1. The van der Waals surface area contributed by atoms with Crippen LogP contribution in [0.4, 0.5) is 10.1 Å². The van der Waals surface area contributed by atoms with Crippen LogP contribution in [0.15, 0.2) is 52.3 Å². The molecule has 14 heteroatoms. The fraction of sp³-hybridized carbons (Fsp3) is 0.357. The van der Waals surface area contributed by atoms with E-state index in [1.165, 1.54) is 42.2 Å². The third-order valence-corrected chi connectivity index (χ3v) is 9.70. The maximum absolute atomic E-state index is 14.2. The molecule has 10 nitrogen and oxygen atoms in total. The number of nitrogens with one attached hydrogen (secondary N) is 1. The predicted octanol–water partition coefficient (Wildman–Crippen LogP) is 1.63. The molecule has 0 spiro atoms. The van der Waals surface area contributed by atoms with Crippen molar-refractivity contribution in [2.75, 3.05) is 17.2 Å². The van der Waals surface area contributed by atoms with Gasteiger partial charge in [0.15, 0.2) is 6.20 Å². The van der Waals surface area contributed by atoms with Crippen molar-refractivity contribution < 1.29 is 31.5 Å². The van der Waals surface area contributed by atoms with Crippen LogP contribution in [0.3, 0.4) is 0 Å². The first kappa shape index (κ1) is 31.6. The quantitative estimate of drug-likeness (QED) is 0.191. The van der Waals surface area contributed by atoms with Crippen LogP contribution < -0.4 is 29.5 Å². The minimum absolute atomic E-state index is 0.0264. The van der Waals surface area contributed by atoms with E-state index >= 15 is 0 Å². The molecule has 0 bridgehead atoms. The third-order valence-electron chi connectivity index (χ3n) is 6.48. The Morgan fingerprint density at radius 3 is 2.67 bits per heavy atom. The van der Waals surface area contributed by atoms with Gasteiger partial charge < -0.3 is 9.45 Å². The number of unbranched alkanes of at least 4 members (excludes halogenated alkanes) is 1. The molecule has 1 aliphatic heterocycles. The SMILES string of the molecule is CCn1c(=O)/c(=C2/Sc3ccc(F)cc3N2CCCS(=O)(=O)[O-])s/c1=C/c1cccc[n+]1CCCCC(=O)NC(C)=O. The number of carbonyl (C=O) groups is 2. The summed E-state index contributed by atoms with van der Waals surface area (Å²) in [6.45, 7) is 4.33. The Balaban J connectivity index is 1.69. The van der Waals surface area contributed by atoms with Gasteiger partial charge in [-0.3, -0.25) is 24.3 Å². The van der Waals surface area contributed by atoms with E-state index in [4.69, 9.17) is 0 Å². The number of hydrogen-bond donors (Lipinski definition) is 1. The van der Waals surface area contributed by atoms with Crippen LogP contribution in [-0.4, -0.2) is 41.6 Å². The number of thioether (sulfide) groups is 1. The molecule has 0 atom stereocenters. The van der Waals surface area contributed by atoms with Gasteiger partial charge >= 0.3 is 0 Å². The van der Waals surface area contributed by atoms with Crippen molar-refractivity contribution in [3.8, 4) is 0 Å². The number of amides is 2. The summed E-state index contributed by atoms with van der Waals surface area (Å²) in [6.07, 6.45) is 5.41. The molecule has 2 aromatic heterocycles. The molecule has 1 aromatic carbocycles. The molecule has 0 radical (unpaired) electrons. The molecule has 0 aliphatic carbocycles. The Hall–Kier alpha value is -3.33. The van der Waals surface area contributed by atoms with Crippen molar-refractivity contribution >= 4 is 61.8 Å². The Labute approximate surface area is 250 Å². The van der Waals surface area contributed by atoms with Crippen molar-refractivity contribution in [2.45, 2.75) is 57.5 Å². The number of anilines is 1. The van der Waals surface area contributed by atoms with Gasteiger partial charge in [0.1, 0.15) is 26.6 Å². The molecule has 224 valence electrons. The summed E-state index contributed by atoms with van der Waals surface area (Å²) in [5.41, 5.74) is 1.16. The monoisotopic (exact) mass is 634 g/mol. The van der Waals surface area contributed by atoms with Crippen LogP contribution in [0.25, 0.3) is 11.1 Å². The minimum Gasteiger partial charge on any atom is -0.748 e. The zero-order valence-corrected chi connectivity index (χ0v) is 25.6. The molecule has 1 N–H and O–H groups in total. The second-order valence-corrected chi connectivity index (χ2v) is 13.2. The molecule has 3 aromatic rings. The zero-order valence-electron chi connectivity index (χ0n) is 23.2. The number of benzene rings is 1. The Morgan fingerprint density at radius 1 is 1.17 bits per heavy atom. The molecule has 0 saturated carbocycles. The van der Waals surface area contributed by atoms with E-state index in [9.17, 15) is 31.7 Å². The highest BCUT2D eigenvalue weighted by Crippen LogP contribution is 2.46. The highest BCUT2D eigenvalue weighted by atomic mass is 32.2. The van der Waals surface area contributed by atoms with Crippen molar-refractivity contribution in [1.82, 2.24) is 9.88 Å². The van der Waals surface area contributed by atoms with Gasteiger partial charge in [0.05, 0.1) is 15.8 Å². The predicted molar refractivity (Wildman–Crippen MR) is 159 cm³/mol. The fourth-order valence-electron chi connectivity index (χ4n) is 4.59. The molecule has 4 rings (SSSR count). The van der Waals surface area contributed by atoms with Crippen molar-refractivity contribution in [3.63, 3.8) is 0 Å². The fourth-order valence-corrected chi connectivity index (χ4v) is 7.53. The van der Waals surface area contributed by atoms with E-state index in [2.05, 4.69) is 5.32 Å². The van der Waals surface area contributed by atoms with E-state index in [1.807, 2.05) is 42.0 Å². The molecule has 42 heavy (non-hydrogen) atoms. The van der Waals surface area contributed by atoms with E-state index in [0.717, 1.165) is 10.6 Å². The van der Waals surface area contributed by atoms with Gasteiger partial charge in [-0.15, -0.1) is 11.3 Å². The topological polar surface area (TPSA) is 132 Å². The maximum Gasteiger partial charge on any atom is 0.271 e. The first-order valence-corrected chi connectivity index (χ1v) is 16.6. The van der Waals surface area contributed by atoms with E-state index in [1.54, 1.807) is 15.5 Å². The number of nitrogens with zero attached hydrogens (tertiary/aromatic N) is 3. The normalized spacial score (nSPS) is 14.8. The van der Waals surface area contributed by atoms with Gasteiger partial charge in [-0.2, -0.15) is 4.57 Å². The van der Waals surface area contributed by atoms with Gasteiger partial charge in [0, 0.05) is 61.7 Å². The minimum atomic E-state index is -4.43. The first-order chi connectivity index (χ1) is 20.0. The molecular formula is C28H31FN4O6S3. The van der Waals surface area contributed by atoms with Gasteiger partial charge in [-0.05, 0) is 44.0 Å². The van der Waals surface area contributed by atoms with Gasteiger partial charge in [-0.25, -0.2) is 12.8 Å². The highest BCUT2D eigenvalue weighted by Gasteiger charge is 2.28. The van der Waals surface area contributed by atoms with Crippen LogP contribution in [0, 0.1) is 5.82 Å². The number of rotatable bonds is 11. The number of imide groups is 1. The van der Waals surface area contributed by atoms with Crippen molar-refractivity contribution in [1.29, 1.82) is 0 Å². The van der Waals surface area contributed by atoms with Crippen molar-refractivity contribution in [2.24, 2.45) is 0 Å². The highest BCUT2D eigenvalue weighted by molar-refractivity contribution is 8.08. The Bertz CT molecular complexity index is 1790. The molecule has 0 unspecified atom stereocenters. The lowest BCUT2D eigenvalue weighted by atomic mass is 10.2. The lowest BCUT2D eigenvalue weighted by Gasteiger charge is -2.20. The van der Waals surface area contributed by atoms with Crippen LogP contribution in [-0.2, 0) is 32.8 Å². The number of carbonyl (C=O) groups excluding carboxylic acids is 2. The van der Waals surface area contributed by atoms with Crippen LogP contribution >= 0.6 is 23.1 Å². The molecular weight excluding hydrogens is 604 g/mol. The average molecular weight is 635 g/mol. The number of hydrogen-bond acceptors (Lipinski definition) is 9. The van der Waals surface area contributed by atoms with E-state index in [0.29, 0.717) is 45.8 Å². The molecule has 1 aliphatic rings. The second-order valence-electron chi connectivity index (χ2n) is 9.63. The van der Waals surface area contributed by atoms with E-state index < -0.39 is 21.7 Å². The van der Waals surface area contributed by atoms with Gasteiger partial charge in [0.2, 0.25) is 17.5 Å². The third kappa shape index (κ3) is 7.94. The number of aryl methyl sites for hydroxylation is 1. The Morgan fingerprint density at radius 2 is 1.95 bits per heavy atom. The zero-order chi connectivity index (χ0) is 30.4. The summed E-state index contributed by atoms with van der Waals surface area (Å²) in [4.78, 5) is 38.9. The maximum atomic E-state index is 14.2. The number of pyridine rings is 1. The lowest BCUT2D eigenvalue weighted by molar-refractivity contribution is -0.699. The van der Waals surface area contributed by atoms with Gasteiger partial charge in [0.25, 0.3) is 5.56 Å². The molecule has 0 fully saturated rings. The summed E-state index contributed by atoms with van der Waals surface area (Å²) in [5, 5.41) is 2.84. The van der Waals surface area contributed by atoms with Crippen LogP contribution in [0.2, 0.25) is 0 Å². The van der Waals surface area contributed by atoms with Crippen molar-refractivity contribution in [3.05, 3.63) is 73.7 Å². The van der Waals surface area contributed by atoms with Crippen LogP contribution in [0.1, 0.15) is 45.2 Å². The Kier molecular flexibility index (Phi) is 10.4. The summed E-state index contributed by atoms with van der Waals surface area (Å²) in [6, 6.07) is 10.0. The number of halogens is 1. The number of fused-ring (bicyclic) bond motifs is 1. The molecule has 2 amide bonds. The summed E-state index contributed by atoms with van der Waals surface area (Å²) >= 11 is 2.60. The summed E-state index contributed by atoms with van der Waals surface area (Å²) in [7, 11) is -4.43. The molecule has 3 heterocycles. The lowest BCUT2D eigenvalue weighted by Crippen LogP contribution is -2.38. The second kappa shape index (κ2) is 13.8. The first-order valence-electron chi connectivity index (χ1n) is 13.4. The molecule has 0 saturated heterocycles. The largest absolute Gasteiger partial charge is 0.748 e. The number of aromatic nitrogens is 2. The van der Waals surface area contributed by atoms with Crippen LogP contribution in [0.5, 0.6) is 0 Å². The standard InChI is InChI=1S/C28H31FN4O6S3/c1-3-32-25(18-21-9-4-6-13-31(21)14-7-5-10-24(35)30-19(2)34)41-26(27(32)36)28-33(15-8-16-42(37,38)39)22-17-20(29)11-12-23(22)40-28/h4,6,9,11-13,17-18H,3,5,7-8,10,14-16H2,1-2H3,(H-,30,34,35,37,38,39)/b28-26-.